The normalized spacial score (nSPS) is 18.0. The van der Waals surface area contributed by atoms with Crippen LogP contribution in [0.4, 0.5) is 18.9 Å². The van der Waals surface area contributed by atoms with Gasteiger partial charge in [0.1, 0.15) is 0 Å². The number of aromatic nitrogens is 1. The lowest BCUT2D eigenvalue weighted by atomic mass is 10.0. The number of anilines is 1. The fourth-order valence-corrected chi connectivity index (χ4v) is 2.31. The monoisotopic (exact) mass is 289 g/mol. The van der Waals surface area contributed by atoms with Gasteiger partial charge in [-0.15, -0.1) is 0 Å². The molecule has 0 unspecified atom stereocenters. The van der Waals surface area contributed by atoms with Crippen molar-refractivity contribution in [2.75, 3.05) is 32.1 Å². The number of alkyl halides is 3. The molecule has 1 fully saturated rings. The molecule has 0 amide bonds. The van der Waals surface area contributed by atoms with Crippen LogP contribution in [0.2, 0.25) is 0 Å². The summed E-state index contributed by atoms with van der Waals surface area (Å²) in [4.78, 5) is 5.53. The van der Waals surface area contributed by atoms with E-state index in [0.29, 0.717) is 31.8 Å². The first-order valence-electron chi connectivity index (χ1n) is 6.52. The summed E-state index contributed by atoms with van der Waals surface area (Å²) in [6.45, 7) is 0.103. The maximum absolute atomic E-state index is 12.3. The summed E-state index contributed by atoms with van der Waals surface area (Å²) < 4.78 is 41.8. The van der Waals surface area contributed by atoms with E-state index >= 15 is 0 Å². The lowest BCUT2D eigenvalue weighted by molar-refractivity contribution is -0.147. The molecule has 1 saturated heterocycles. The summed E-state index contributed by atoms with van der Waals surface area (Å²) in [5.41, 5.74) is 0.861. The van der Waals surface area contributed by atoms with Crippen molar-refractivity contribution in [2.24, 2.45) is 0 Å². The smallest absolute Gasteiger partial charge is 0.401 e. The van der Waals surface area contributed by atoms with Crippen molar-refractivity contribution in [3.63, 3.8) is 0 Å². The highest BCUT2D eigenvalue weighted by atomic mass is 19.4. The number of halogens is 3. The van der Waals surface area contributed by atoms with Crippen LogP contribution >= 0.6 is 0 Å². The third-order valence-corrected chi connectivity index (χ3v) is 3.31. The van der Waals surface area contributed by atoms with Gasteiger partial charge in [0.05, 0.1) is 25.5 Å². The molecule has 1 aromatic rings. The second kappa shape index (κ2) is 6.30. The van der Waals surface area contributed by atoms with Gasteiger partial charge in [0.2, 0.25) is 5.88 Å². The molecule has 2 rings (SSSR count). The molecule has 4 nitrogen and oxygen atoms in total. The highest BCUT2D eigenvalue weighted by molar-refractivity contribution is 5.43. The van der Waals surface area contributed by atoms with Crippen molar-refractivity contribution >= 4 is 5.69 Å². The van der Waals surface area contributed by atoms with Crippen molar-refractivity contribution in [3.05, 3.63) is 18.3 Å². The molecule has 112 valence electrons. The van der Waals surface area contributed by atoms with Gasteiger partial charge < -0.3 is 10.1 Å². The zero-order valence-corrected chi connectivity index (χ0v) is 11.3. The van der Waals surface area contributed by atoms with Gasteiger partial charge in [-0.2, -0.15) is 13.2 Å². The summed E-state index contributed by atoms with van der Waals surface area (Å²) in [5.74, 6) is 0.538. The van der Waals surface area contributed by atoms with Crippen molar-refractivity contribution in [2.45, 2.75) is 25.1 Å². The Kier molecular flexibility index (Phi) is 4.69. The molecule has 1 N–H and O–H groups in total. The number of likely N-dealkylation sites (tertiary alicyclic amines) is 1. The van der Waals surface area contributed by atoms with E-state index in [1.807, 2.05) is 6.07 Å². The Morgan fingerprint density at radius 1 is 1.35 bits per heavy atom. The van der Waals surface area contributed by atoms with E-state index in [9.17, 15) is 13.2 Å². The zero-order chi connectivity index (χ0) is 14.6. The molecule has 0 spiro atoms. The summed E-state index contributed by atoms with van der Waals surface area (Å²) >= 11 is 0. The molecule has 2 heterocycles. The molecule has 1 aromatic heterocycles. The van der Waals surface area contributed by atoms with Crippen LogP contribution in [0.25, 0.3) is 0 Å². The topological polar surface area (TPSA) is 37.4 Å². The van der Waals surface area contributed by atoms with E-state index in [2.05, 4.69) is 10.3 Å². The fraction of sp³-hybridized carbons (Fsp3) is 0.615. The summed E-state index contributed by atoms with van der Waals surface area (Å²) in [7, 11) is 1.55. The maximum atomic E-state index is 12.3. The summed E-state index contributed by atoms with van der Waals surface area (Å²) in [6, 6.07) is 3.80. The third-order valence-electron chi connectivity index (χ3n) is 3.31. The number of hydrogen-bond donors (Lipinski definition) is 1. The first kappa shape index (κ1) is 14.9. The quantitative estimate of drug-likeness (QED) is 0.924. The van der Waals surface area contributed by atoms with Crippen molar-refractivity contribution in [1.29, 1.82) is 0 Å². The standard InChI is InChI=1S/C13H18F3N3O/c1-20-12-3-2-11(8-17-12)18-10-4-6-19(7-5-10)9-13(14,15)16/h2-3,8,10,18H,4-7,9H2,1H3. The fourth-order valence-electron chi connectivity index (χ4n) is 2.31. The predicted molar refractivity (Wildman–Crippen MR) is 69.9 cm³/mol. The van der Waals surface area contributed by atoms with Crippen molar-refractivity contribution in [3.8, 4) is 5.88 Å². The van der Waals surface area contributed by atoms with Crippen LogP contribution in [0.3, 0.4) is 0 Å². The second-order valence-corrected chi connectivity index (χ2v) is 4.90. The number of ether oxygens (including phenoxy) is 1. The highest BCUT2D eigenvalue weighted by Gasteiger charge is 2.32. The third kappa shape index (κ3) is 4.56. The van der Waals surface area contributed by atoms with Gasteiger partial charge in [0, 0.05) is 25.2 Å². The number of rotatable bonds is 4. The number of nitrogens with zero attached hydrogens (tertiary/aromatic N) is 2. The molecular formula is C13H18F3N3O. The highest BCUT2D eigenvalue weighted by Crippen LogP contribution is 2.21. The van der Waals surface area contributed by atoms with Gasteiger partial charge in [-0.25, -0.2) is 4.98 Å². The predicted octanol–water partition coefficient (Wildman–Crippen LogP) is 2.53. The van der Waals surface area contributed by atoms with E-state index in [-0.39, 0.29) is 6.04 Å². The average Bonchev–Trinajstić information content (AvgIpc) is 2.40. The van der Waals surface area contributed by atoms with Gasteiger partial charge in [0.25, 0.3) is 0 Å². The lowest BCUT2D eigenvalue weighted by Gasteiger charge is -2.33. The van der Waals surface area contributed by atoms with Crippen LogP contribution in [0.15, 0.2) is 18.3 Å². The molecule has 0 atom stereocenters. The minimum Gasteiger partial charge on any atom is -0.481 e. The molecule has 0 aromatic carbocycles. The molecule has 0 radical (unpaired) electrons. The van der Waals surface area contributed by atoms with Crippen molar-refractivity contribution in [1.82, 2.24) is 9.88 Å². The van der Waals surface area contributed by atoms with Crippen molar-refractivity contribution < 1.29 is 17.9 Å². The minimum absolute atomic E-state index is 0.190. The molecule has 1 aliphatic heterocycles. The van der Waals surface area contributed by atoms with Crippen LogP contribution in [-0.2, 0) is 0 Å². The Bertz CT molecular complexity index is 414. The number of hydrogen-bond acceptors (Lipinski definition) is 4. The lowest BCUT2D eigenvalue weighted by Crippen LogP contribution is -2.43. The second-order valence-electron chi connectivity index (χ2n) is 4.90. The van der Waals surface area contributed by atoms with E-state index < -0.39 is 12.7 Å². The van der Waals surface area contributed by atoms with Crippen LogP contribution in [-0.4, -0.2) is 48.8 Å². The summed E-state index contributed by atoms with van der Waals surface area (Å²) in [6.07, 6.45) is -1.05. The number of nitrogens with one attached hydrogen (secondary N) is 1. The Morgan fingerprint density at radius 2 is 2.05 bits per heavy atom. The van der Waals surface area contributed by atoms with Gasteiger partial charge >= 0.3 is 6.18 Å². The molecule has 0 bridgehead atoms. The molecular weight excluding hydrogens is 271 g/mol. The average molecular weight is 289 g/mol. The van der Waals surface area contributed by atoms with Gasteiger partial charge in [0.15, 0.2) is 0 Å². The van der Waals surface area contributed by atoms with E-state index in [1.165, 1.54) is 4.90 Å². The Hall–Kier alpha value is -1.50. The Morgan fingerprint density at radius 3 is 2.55 bits per heavy atom. The molecule has 0 saturated carbocycles. The van der Waals surface area contributed by atoms with Gasteiger partial charge in [-0.3, -0.25) is 4.90 Å². The number of methoxy groups -OCH3 is 1. The van der Waals surface area contributed by atoms with Crippen LogP contribution < -0.4 is 10.1 Å². The van der Waals surface area contributed by atoms with Gasteiger partial charge in [-0.1, -0.05) is 0 Å². The maximum Gasteiger partial charge on any atom is 0.401 e. The Balaban J connectivity index is 1.79. The summed E-state index contributed by atoms with van der Waals surface area (Å²) in [5, 5.41) is 3.29. The van der Waals surface area contributed by atoms with E-state index in [4.69, 9.17) is 4.74 Å². The molecule has 20 heavy (non-hydrogen) atoms. The number of pyridine rings is 1. The molecule has 0 aliphatic carbocycles. The van der Waals surface area contributed by atoms with Gasteiger partial charge in [-0.05, 0) is 18.9 Å². The first-order valence-corrected chi connectivity index (χ1v) is 6.52. The van der Waals surface area contributed by atoms with Crippen LogP contribution in [0.5, 0.6) is 5.88 Å². The minimum atomic E-state index is -4.11. The molecule has 7 heteroatoms. The first-order chi connectivity index (χ1) is 9.46. The largest absolute Gasteiger partial charge is 0.481 e. The van der Waals surface area contributed by atoms with E-state index in [0.717, 1.165) is 5.69 Å². The van der Waals surface area contributed by atoms with E-state index in [1.54, 1.807) is 19.4 Å². The van der Waals surface area contributed by atoms with Crippen LogP contribution in [0.1, 0.15) is 12.8 Å². The SMILES string of the molecule is COc1ccc(NC2CCN(CC(F)(F)F)CC2)cn1. The molecule has 1 aliphatic rings. The Labute approximate surface area is 115 Å². The van der Waals surface area contributed by atoms with Crippen LogP contribution in [0, 0.1) is 0 Å². The zero-order valence-electron chi connectivity index (χ0n) is 11.3. The number of piperidine rings is 1.